The highest BCUT2D eigenvalue weighted by Crippen LogP contribution is 2.31. The number of para-hydroxylation sites is 3. The van der Waals surface area contributed by atoms with E-state index in [2.05, 4.69) is 77.4 Å². The summed E-state index contributed by atoms with van der Waals surface area (Å²) in [7, 11) is 0. The summed E-state index contributed by atoms with van der Waals surface area (Å²) in [5.41, 5.74) is 4.29. The summed E-state index contributed by atoms with van der Waals surface area (Å²) in [6, 6.07) is 33.2. The Balaban J connectivity index is 1.70. The highest BCUT2D eigenvalue weighted by molar-refractivity contribution is 5.96. The molecule has 0 aliphatic heterocycles. The van der Waals surface area contributed by atoms with Crippen LogP contribution in [0.25, 0.3) is 10.8 Å². The maximum atomic E-state index is 3.57. The number of benzene rings is 4. The molecule has 0 fully saturated rings. The second-order valence-electron chi connectivity index (χ2n) is 5.69. The van der Waals surface area contributed by atoms with Crippen molar-refractivity contribution in [3.8, 4) is 0 Å². The minimum absolute atomic E-state index is 1.05. The molecule has 2 N–H and O–H groups in total. The largest absolute Gasteiger partial charge is 0.354 e. The molecule has 0 saturated carbocycles. The average molecular weight is 310 g/mol. The van der Waals surface area contributed by atoms with Crippen molar-refractivity contribution in [1.29, 1.82) is 0 Å². The summed E-state index contributed by atoms with van der Waals surface area (Å²) in [5, 5.41) is 9.50. The topological polar surface area (TPSA) is 24.1 Å². The lowest BCUT2D eigenvalue weighted by molar-refractivity contribution is 1.51. The second kappa shape index (κ2) is 6.47. The normalized spacial score (nSPS) is 10.5. The first-order valence-corrected chi connectivity index (χ1v) is 8.06. The zero-order valence-corrected chi connectivity index (χ0v) is 13.2. The minimum Gasteiger partial charge on any atom is -0.354 e. The van der Waals surface area contributed by atoms with E-state index < -0.39 is 0 Å². The smallest absolute Gasteiger partial charge is 0.0623 e. The molecule has 0 saturated heterocycles. The Morgan fingerprint density at radius 1 is 0.417 bits per heavy atom. The molecular formula is C22H18N2. The lowest BCUT2D eigenvalue weighted by atomic mass is 10.1. The molecule has 24 heavy (non-hydrogen) atoms. The van der Waals surface area contributed by atoms with E-state index in [0.29, 0.717) is 0 Å². The monoisotopic (exact) mass is 310 g/mol. The lowest BCUT2D eigenvalue weighted by Gasteiger charge is -2.15. The predicted molar refractivity (Wildman–Crippen MR) is 103 cm³/mol. The number of fused-ring (bicyclic) bond motifs is 1. The van der Waals surface area contributed by atoms with Gasteiger partial charge in [0.25, 0.3) is 0 Å². The lowest BCUT2D eigenvalue weighted by Crippen LogP contribution is -1.97. The molecule has 0 atom stereocenters. The third kappa shape index (κ3) is 2.95. The van der Waals surface area contributed by atoms with E-state index in [1.165, 1.54) is 10.8 Å². The molecule has 0 radical (unpaired) electrons. The second-order valence-corrected chi connectivity index (χ2v) is 5.69. The molecule has 4 aromatic rings. The van der Waals surface area contributed by atoms with Gasteiger partial charge in [-0.2, -0.15) is 0 Å². The van der Waals surface area contributed by atoms with E-state index in [-0.39, 0.29) is 0 Å². The van der Waals surface area contributed by atoms with Crippen molar-refractivity contribution in [2.24, 2.45) is 0 Å². The molecular weight excluding hydrogens is 292 g/mol. The maximum Gasteiger partial charge on any atom is 0.0623 e. The molecule has 2 heteroatoms. The van der Waals surface area contributed by atoms with Crippen molar-refractivity contribution >= 4 is 33.5 Å². The van der Waals surface area contributed by atoms with E-state index in [9.17, 15) is 0 Å². The van der Waals surface area contributed by atoms with Gasteiger partial charge in [0.2, 0.25) is 0 Å². The van der Waals surface area contributed by atoms with E-state index in [1.54, 1.807) is 0 Å². The Kier molecular flexibility index (Phi) is 3.86. The summed E-state index contributed by atoms with van der Waals surface area (Å²) < 4.78 is 0. The fourth-order valence-corrected chi connectivity index (χ4v) is 2.86. The van der Waals surface area contributed by atoms with Crippen LogP contribution in [0.5, 0.6) is 0 Å². The van der Waals surface area contributed by atoms with Crippen molar-refractivity contribution < 1.29 is 0 Å². The maximum absolute atomic E-state index is 3.57. The average Bonchev–Trinajstić information content (AvgIpc) is 2.64. The molecule has 0 amide bonds. The molecule has 0 spiro atoms. The first-order chi connectivity index (χ1) is 11.9. The van der Waals surface area contributed by atoms with Gasteiger partial charge in [0.05, 0.1) is 11.4 Å². The first-order valence-electron chi connectivity index (χ1n) is 8.06. The van der Waals surface area contributed by atoms with Crippen LogP contribution in [0, 0.1) is 0 Å². The van der Waals surface area contributed by atoms with Crippen molar-refractivity contribution in [3.63, 3.8) is 0 Å². The summed E-state index contributed by atoms with van der Waals surface area (Å²) in [5.74, 6) is 0. The van der Waals surface area contributed by atoms with Crippen LogP contribution in [0.15, 0.2) is 97.1 Å². The number of hydrogen-bond acceptors (Lipinski definition) is 2. The van der Waals surface area contributed by atoms with Crippen LogP contribution in [0.1, 0.15) is 0 Å². The zero-order chi connectivity index (χ0) is 16.2. The summed E-state index contributed by atoms with van der Waals surface area (Å²) >= 11 is 0. The van der Waals surface area contributed by atoms with Crippen LogP contribution in [0.2, 0.25) is 0 Å². The highest BCUT2D eigenvalue weighted by Gasteiger charge is 2.05. The molecule has 4 rings (SSSR count). The molecule has 0 bridgehead atoms. The van der Waals surface area contributed by atoms with Crippen LogP contribution in [0.4, 0.5) is 22.7 Å². The molecule has 116 valence electrons. The summed E-state index contributed by atoms with van der Waals surface area (Å²) in [6.07, 6.45) is 0. The van der Waals surface area contributed by atoms with Crippen molar-refractivity contribution in [3.05, 3.63) is 97.1 Å². The van der Waals surface area contributed by atoms with Crippen LogP contribution >= 0.6 is 0 Å². The van der Waals surface area contributed by atoms with E-state index in [4.69, 9.17) is 0 Å². The van der Waals surface area contributed by atoms with Gasteiger partial charge in [-0.15, -0.1) is 0 Å². The number of anilines is 4. The van der Waals surface area contributed by atoms with Crippen LogP contribution in [0.3, 0.4) is 0 Å². The van der Waals surface area contributed by atoms with Gasteiger partial charge in [-0.3, -0.25) is 0 Å². The Bertz CT molecular complexity index is 956. The van der Waals surface area contributed by atoms with Gasteiger partial charge in [-0.25, -0.2) is 0 Å². The number of nitrogens with one attached hydrogen (secondary N) is 2. The van der Waals surface area contributed by atoms with E-state index in [1.807, 2.05) is 30.3 Å². The van der Waals surface area contributed by atoms with Gasteiger partial charge in [0, 0.05) is 16.8 Å². The standard InChI is InChI=1S/C22H18N2/c1-2-11-18(12-3-1)23-21-14-6-7-15-22(21)24-20-16-8-10-17-9-4-5-13-19(17)20/h1-16,23-24H. The van der Waals surface area contributed by atoms with Gasteiger partial charge in [0.15, 0.2) is 0 Å². The molecule has 0 aliphatic carbocycles. The highest BCUT2D eigenvalue weighted by atomic mass is 15.0. The van der Waals surface area contributed by atoms with Gasteiger partial charge < -0.3 is 10.6 Å². The Hall–Kier alpha value is -3.26. The number of rotatable bonds is 4. The quantitative estimate of drug-likeness (QED) is 0.460. The van der Waals surface area contributed by atoms with E-state index >= 15 is 0 Å². The minimum atomic E-state index is 1.05. The summed E-state index contributed by atoms with van der Waals surface area (Å²) in [4.78, 5) is 0. The molecule has 2 nitrogen and oxygen atoms in total. The van der Waals surface area contributed by atoms with Crippen LogP contribution in [-0.4, -0.2) is 0 Å². The third-order valence-electron chi connectivity index (χ3n) is 4.04. The fraction of sp³-hybridized carbons (Fsp3) is 0. The molecule has 0 unspecified atom stereocenters. The fourth-order valence-electron chi connectivity index (χ4n) is 2.86. The van der Waals surface area contributed by atoms with E-state index in [0.717, 1.165) is 22.7 Å². The molecule has 0 aliphatic rings. The van der Waals surface area contributed by atoms with Crippen LogP contribution < -0.4 is 10.6 Å². The Morgan fingerprint density at radius 3 is 1.83 bits per heavy atom. The molecule has 0 aromatic heterocycles. The van der Waals surface area contributed by atoms with Crippen molar-refractivity contribution in [2.45, 2.75) is 0 Å². The van der Waals surface area contributed by atoms with Crippen molar-refractivity contribution in [1.82, 2.24) is 0 Å². The van der Waals surface area contributed by atoms with Gasteiger partial charge in [-0.05, 0) is 35.7 Å². The predicted octanol–water partition coefficient (Wildman–Crippen LogP) is 6.33. The van der Waals surface area contributed by atoms with Gasteiger partial charge in [0.1, 0.15) is 0 Å². The molecule has 0 heterocycles. The van der Waals surface area contributed by atoms with Gasteiger partial charge >= 0.3 is 0 Å². The van der Waals surface area contributed by atoms with Crippen molar-refractivity contribution in [2.75, 3.05) is 10.6 Å². The molecule has 4 aromatic carbocycles. The first kappa shape index (κ1) is 14.3. The SMILES string of the molecule is c1ccc(Nc2ccccc2Nc2cccc3ccccc23)cc1. The Morgan fingerprint density at radius 2 is 1.00 bits per heavy atom. The summed E-state index contributed by atoms with van der Waals surface area (Å²) in [6.45, 7) is 0. The third-order valence-corrected chi connectivity index (χ3v) is 4.04. The van der Waals surface area contributed by atoms with Crippen LogP contribution in [-0.2, 0) is 0 Å². The Labute approximate surface area is 141 Å². The van der Waals surface area contributed by atoms with Gasteiger partial charge in [-0.1, -0.05) is 66.7 Å². The zero-order valence-electron chi connectivity index (χ0n) is 13.2. The number of hydrogen-bond donors (Lipinski definition) is 2.